The number of aromatic amines is 1. The molecule has 1 heterocycles. The largest absolute Gasteiger partial charge is 0.497 e. The second-order valence-corrected chi connectivity index (χ2v) is 7.27. The highest BCUT2D eigenvalue weighted by Gasteiger charge is 2.28. The molecule has 2 amide bonds. The number of hydrogen-bond donors (Lipinski definition) is 3. The van der Waals surface area contributed by atoms with Crippen LogP contribution in [-0.2, 0) is 16.0 Å². The van der Waals surface area contributed by atoms with Crippen molar-refractivity contribution in [1.82, 2.24) is 15.5 Å². The van der Waals surface area contributed by atoms with Crippen molar-refractivity contribution >= 4 is 17.8 Å². The Labute approximate surface area is 170 Å². The van der Waals surface area contributed by atoms with E-state index in [0.29, 0.717) is 12.4 Å². The molecular weight excluding hydrogens is 372 g/mol. The van der Waals surface area contributed by atoms with Gasteiger partial charge in [-0.3, -0.25) is 9.89 Å². The number of methoxy groups -OCH3 is 1. The molecule has 3 rings (SSSR count). The van der Waals surface area contributed by atoms with E-state index in [1.54, 1.807) is 7.11 Å². The molecule has 1 aromatic carbocycles. The summed E-state index contributed by atoms with van der Waals surface area (Å²) in [6, 6.07) is 9.36. The maximum atomic E-state index is 12.3. The van der Waals surface area contributed by atoms with E-state index in [2.05, 4.69) is 20.8 Å². The molecule has 2 aromatic rings. The zero-order valence-electron chi connectivity index (χ0n) is 16.9. The van der Waals surface area contributed by atoms with Gasteiger partial charge in [0.15, 0.2) is 5.82 Å². The monoisotopic (exact) mass is 400 g/mol. The summed E-state index contributed by atoms with van der Waals surface area (Å²) in [4.78, 5) is 24.0. The third-order valence-corrected chi connectivity index (χ3v) is 5.02. The molecule has 3 N–H and O–H groups in total. The van der Waals surface area contributed by atoms with Crippen molar-refractivity contribution in [2.75, 3.05) is 19.0 Å². The minimum Gasteiger partial charge on any atom is -0.497 e. The third-order valence-electron chi connectivity index (χ3n) is 5.02. The Bertz CT molecular complexity index is 818. The predicted octanol–water partition coefficient (Wildman–Crippen LogP) is 3.37. The molecule has 1 saturated carbocycles. The van der Waals surface area contributed by atoms with Crippen LogP contribution in [0.4, 0.5) is 10.6 Å². The molecular formula is C21H28N4O4. The van der Waals surface area contributed by atoms with Gasteiger partial charge >= 0.3 is 6.09 Å². The number of hydrogen-bond acceptors (Lipinski definition) is 5. The highest BCUT2D eigenvalue weighted by molar-refractivity contribution is 5.91. The molecule has 2 atom stereocenters. The van der Waals surface area contributed by atoms with Crippen LogP contribution in [0.1, 0.15) is 49.8 Å². The first kappa shape index (κ1) is 20.7. The lowest BCUT2D eigenvalue weighted by Crippen LogP contribution is -2.33. The molecule has 8 heteroatoms. The first-order chi connectivity index (χ1) is 14.1. The molecule has 1 fully saturated rings. The number of rotatable bonds is 8. The van der Waals surface area contributed by atoms with Gasteiger partial charge in [0.1, 0.15) is 5.75 Å². The molecule has 0 aliphatic heterocycles. The Morgan fingerprint density at radius 3 is 2.76 bits per heavy atom. The first-order valence-corrected chi connectivity index (χ1v) is 9.98. The number of anilines is 1. The van der Waals surface area contributed by atoms with Crippen LogP contribution in [-0.4, -0.2) is 42.0 Å². The highest BCUT2D eigenvalue weighted by atomic mass is 16.5. The Kier molecular flexibility index (Phi) is 7.10. The lowest BCUT2D eigenvalue weighted by atomic mass is 10.0. The summed E-state index contributed by atoms with van der Waals surface area (Å²) in [5.74, 6) is 1.41. The molecule has 0 unspecified atom stereocenters. The van der Waals surface area contributed by atoms with Gasteiger partial charge in [0.2, 0.25) is 5.91 Å². The Hall–Kier alpha value is -3.03. The smallest absolute Gasteiger partial charge is 0.407 e. The molecule has 0 bridgehead atoms. The standard InChI is InChI=1S/C21H28N4O4/c1-3-10-29-21(27)22-16-7-6-15(12-16)18-13-19(25-24-18)23-20(26)11-14-4-8-17(28-2)9-5-14/h4-5,8-9,13,15-16H,3,6-7,10-12H2,1-2H3,(H,22,27)(H2,23,24,25,26)/t15-,16+/m0/s1. The molecule has 1 aromatic heterocycles. The highest BCUT2D eigenvalue weighted by Crippen LogP contribution is 2.34. The van der Waals surface area contributed by atoms with E-state index in [0.717, 1.165) is 42.7 Å². The molecule has 8 nitrogen and oxygen atoms in total. The number of H-pyrrole nitrogens is 1. The fourth-order valence-electron chi connectivity index (χ4n) is 3.52. The van der Waals surface area contributed by atoms with E-state index < -0.39 is 0 Å². The van der Waals surface area contributed by atoms with Crippen LogP contribution in [0.2, 0.25) is 0 Å². The van der Waals surface area contributed by atoms with Gasteiger partial charge in [-0.25, -0.2) is 4.79 Å². The van der Waals surface area contributed by atoms with Crippen LogP contribution in [0, 0.1) is 0 Å². The molecule has 29 heavy (non-hydrogen) atoms. The van der Waals surface area contributed by atoms with E-state index in [9.17, 15) is 9.59 Å². The quantitative estimate of drug-likeness (QED) is 0.630. The van der Waals surface area contributed by atoms with Crippen molar-refractivity contribution in [3.05, 3.63) is 41.6 Å². The average Bonchev–Trinajstić information content (AvgIpc) is 3.36. The van der Waals surface area contributed by atoms with Crippen molar-refractivity contribution < 1.29 is 19.1 Å². The van der Waals surface area contributed by atoms with Crippen LogP contribution in [0.25, 0.3) is 0 Å². The fraction of sp³-hybridized carbons (Fsp3) is 0.476. The van der Waals surface area contributed by atoms with E-state index in [4.69, 9.17) is 9.47 Å². The number of benzene rings is 1. The van der Waals surface area contributed by atoms with E-state index in [-0.39, 0.29) is 30.4 Å². The minimum atomic E-state index is -0.353. The van der Waals surface area contributed by atoms with Gasteiger partial charge in [0.25, 0.3) is 0 Å². The second-order valence-electron chi connectivity index (χ2n) is 7.27. The zero-order valence-corrected chi connectivity index (χ0v) is 16.9. The second kappa shape index (κ2) is 9.95. The number of aromatic nitrogens is 2. The predicted molar refractivity (Wildman–Crippen MR) is 109 cm³/mol. The van der Waals surface area contributed by atoms with E-state index >= 15 is 0 Å². The average molecular weight is 400 g/mol. The van der Waals surface area contributed by atoms with Gasteiger partial charge in [-0.15, -0.1) is 0 Å². The zero-order chi connectivity index (χ0) is 20.6. The summed E-state index contributed by atoms with van der Waals surface area (Å²) in [5, 5.41) is 13.0. The normalized spacial score (nSPS) is 18.3. The lowest BCUT2D eigenvalue weighted by molar-refractivity contribution is -0.115. The molecule has 156 valence electrons. The maximum Gasteiger partial charge on any atom is 0.407 e. The number of ether oxygens (including phenoxy) is 2. The first-order valence-electron chi connectivity index (χ1n) is 9.98. The minimum absolute atomic E-state index is 0.0979. The summed E-state index contributed by atoms with van der Waals surface area (Å²) < 4.78 is 10.2. The Morgan fingerprint density at radius 1 is 1.24 bits per heavy atom. The molecule has 1 aliphatic carbocycles. The van der Waals surface area contributed by atoms with Gasteiger partial charge in [0.05, 0.1) is 20.1 Å². The Balaban J connectivity index is 1.47. The number of carbonyl (C=O) groups excluding carboxylic acids is 2. The maximum absolute atomic E-state index is 12.3. The summed E-state index contributed by atoms with van der Waals surface area (Å²) in [6.45, 7) is 2.40. The van der Waals surface area contributed by atoms with Gasteiger partial charge in [-0.1, -0.05) is 19.1 Å². The summed E-state index contributed by atoms with van der Waals surface area (Å²) in [7, 11) is 1.61. The van der Waals surface area contributed by atoms with Crippen LogP contribution < -0.4 is 15.4 Å². The summed E-state index contributed by atoms with van der Waals surface area (Å²) in [6.07, 6.45) is 3.38. The fourth-order valence-corrected chi connectivity index (χ4v) is 3.52. The van der Waals surface area contributed by atoms with Crippen molar-refractivity contribution in [3.63, 3.8) is 0 Å². The van der Waals surface area contributed by atoms with Crippen molar-refractivity contribution in [3.8, 4) is 5.75 Å². The third kappa shape index (κ3) is 5.97. The SMILES string of the molecule is CCCOC(=O)N[C@@H]1CC[C@H](c2cc(NC(=O)Cc3ccc(OC)cc3)n[nH]2)C1. The van der Waals surface area contributed by atoms with Crippen molar-refractivity contribution in [2.24, 2.45) is 0 Å². The molecule has 0 radical (unpaired) electrons. The topological polar surface area (TPSA) is 105 Å². The Morgan fingerprint density at radius 2 is 2.03 bits per heavy atom. The van der Waals surface area contributed by atoms with Crippen molar-refractivity contribution in [1.29, 1.82) is 0 Å². The van der Waals surface area contributed by atoms with E-state index in [1.165, 1.54) is 0 Å². The number of nitrogens with one attached hydrogen (secondary N) is 3. The summed E-state index contributed by atoms with van der Waals surface area (Å²) >= 11 is 0. The van der Waals surface area contributed by atoms with Gasteiger partial charge in [-0.2, -0.15) is 5.10 Å². The molecule has 0 saturated heterocycles. The number of alkyl carbamates (subject to hydrolysis) is 1. The van der Waals surface area contributed by atoms with Crippen LogP contribution >= 0.6 is 0 Å². The van der Waals surface area contributed by atoms with Crippen LogP contribution in [0.3, 0.4) is 0 Å². The van der Waals surface area contributed by atoms with Gasteiger partial charge in [-0.05, 0) is 43.4 Å². The number of amides is 2. The van der Waals surface area contributed by atoms with E-state index in [1.807, 2.05) is 37.3 Å². The van der Waals surface area contributed by atoms with Crippen LogP contribution in [0.5, 0.6) is 5.75 Å². The number of nitrogens with zero attached hydrogens (tertiary/aromatic N) is 1. The van der Waals surface area contributed by atoms with Gasteiger partial charge < -0.3 is 20.1 Å². The lowest BCUT2D eigenvalue weighted by Gasteiger charge is -2.12. The number of carbonyl (C=O) groups is 2. The molecule has 0 spiro atoms. The van der Waals surface area contributed by atoms with Gasteiger partial charge in [0, 0.05) is 23.7 Å². The summed E-state index contributed by atoms with van der Waals surface area (Å²) in [5.41, 5.74) is 1.87. The molecule has 1 aliphatic rings. The van der Waals surface area contributed by atoms with Crippen molar-refractivity contribution in [2.45, 2.75) is 51.0 Å². The van der Waals surface area contributed by atoms with Crippen LogP contribution in [0.15, 0.2) is 30.3 Å².